The molecule has 1 unspecified atom stereocenters. The van der Waals surface area contributed by atoms with Gasteiger partial charge in [-0.25, -0.2) is 9.59 Å². The maximum Gasteiger partial charge on any atom is 0.511 e. The first-order valence-electron chi connectivity index (χ1n) is 10.9. The van der Waals surface area contributed by atoms with Crippen LogP contribution in [-0.4, -0.2) is 56.7 Å². The number of carboxylic acids is 1. The van der Waals surface area contributed by atoms with E-state index in [0.717, 1.165) is 11.6 Å². The van der Waals surface area contributed by atoms with Crippen LogP contribution in [-0.2, 0) is 35.0 Å². The molecule has 0 amide bonds. The van der Waals surface area contributed by atoms with Gasteiger partial charge < -0.3 is 24.1 Å². The minimum atomic E-state index is -1.36. The Morgan fingerprint density at radius 3 is 2.15 bits per heavy atom. The van der Waals surface area contributed by atoms with E-state index in [2.05, 4.69) is 24.4 Å². The Labute approximate surface area is 195 Å². The van der Waals surface area contributed by atoms with E-state index in [4.69, 9.17) is 19.3 Å². The van der Waals surface area contributed by atoms with Gasteiger partial charge in [-0.15, -0.1) is 0 Å². The summed E-state index contributed by atoms with van der Waals surface area (Å²) in [4.78, 5) is 46.9. The van der Waals surface area contributed by atoms with Crippen LogP contribution in [0.3, 0.4) is 0 Å². The highest BCUT2D eigenvalue weighted by atomic mass is 28.3. The highest BCUT2D eigenvalue weighted by Crippen LogP contribution is 2.18. The van der Waals surface area contributed by atoms with Crippen LogP contribution in [0.5, 0.6) is 0 Å². The zero-order valence-corrected chi connectivity index (χ0v) is 20.9. The normalized spacial score (nSPS) is 12.1. The molecule has 0 fully saturated rings. The number of aliphatic carboxylic acids is 1. The van der Waals surface area contributed by atoms with Crippen molar-refractivity contribution in [1.82, 2.24) is 0 Å². The van der Waals surface area contributed by atoms with E-state index < -0.39 is 44.8 Å². The smallest absolute Gasteiger partial charge is 0.481 e. The predicted molar refractivity (Wildman–Crippen MR) is 123 cm³/mol. The highest BCUT2D eigenvalue weighted by Gasteiger charge is 2.23. The molecule has 33 heavy (non-hydrogen) atoms. The van der Waals surface area contributed by atoms with Crippen LogP contribution >= 0.6 is 0 Å². The molecule has 0 radical (unpaired) electrons. The van der Waals surface area contributed by atoms with Crippen LogP contribution in [0.25, 0.3) is 0 Å². The molecule has 0 heterocycles. The second-order valence-corrected chi connectivity index (χ2v) is 14.7. The van der Waals surface area contributed by atoms with Gasteiger partial charge in [0.25, 0.3) is 0 Å². The molecular weight excluding hydrogens is 448 g/mol. The van der Waals surface area contributed by atoms with Gasteiger partial charge in [0.2, 0.25) is 6.79 Å². The molecule has 1 N–H and O–H groups in total. The number of carboxylic acid groups (broad SMARTS) is 1. The molecule has 0 saturated carbocycles. The lowest BCUT2D eigenvalue weighted by atomic mass is 9.94. The number of hydrogen-bond donors (Lipinski definition) is 1. The molecule has 0 bridgehead atoms. The molecule has 1 atom stereocenters. The Morgan fingerprint density at radius 2 is 1.61 bits per heavy atom. The Bertz CT molecular complexity index is 797. The fraction of sp³-hybridized carbons (Fsp3) is 0.565. The number of rotatable bonds is 13. The highest BCUT2D eigenvalue weighted by molar-refractivity contribution is 6.76. The lowest BCUT2D eigenvalue weighted by Gasteiger charge is -2.19. The van der Waals surface area contributed by atoms with Crippen molar-refractivity contribution in [3.8, 4) is 0 Å². The van der Waals surface area contributed by atoms with Gasteiger partial charge in [-0.2, -0.15) is 0 Å². The largest absolute Gasteiger partial charge is 0.511 e. The Hall–Kier alpha value is -2.88. The number of esters is 2. The summed E-state index contributed by atoms with van der Waals surface area (Å²) in [6.07, 6.45) is -0.972. The third-order valence-electron chi connectivity index (χ3n) is 4.51. The number of carbonyl (C=O) groups is 4. The average Bonchev–Trinajstić information content (AvgIpc) is 2.69. The van der Waals surface area contributed by atoms with Gasteiger partial charge >= 0.3 is 24.1 Å². The Balaban J connectivity index is 2.65. The van der Waals surface area contributed by atoms with Crippen LogP contribution < -0.4 is 0 Å². The molecule has 0 aromatic heterocycles. The number of carbonyl (C=O) groups excluding carboxylic acids is 3. The zero-order chi connectivity index (χ0) is 25.0. The zero-order valence-electron chi connectivity index (χ0n) is 19.9. The molecule has 184 valence electrons. The lowest BCUT2D eigenvalue weighted by molar-refractivity contribution is -0.148. The molecule has 1 rings (SSSR count). The summed E-state index contributed by atoms with van der Waals surface area (Å²) in [6.45, 7) is 9.61. The topological polar surface area (TPSA) is 125 Å². The van der Waals surface area contributed by atoms with E-state index in [-0.39, 0.29) is 24.5 Å². The number of ether oxygens (including phenoxy) is 4. The van der Waals surface area contributed by atoms with E-state index in [1.807, 2.05) is 0 Å². The number of benzene rings is 1. The molecule has 9 nitrogen and oxygen atoms in total. The molecule has 1 aromatic carbocycles. The quantitative estimate of drug-likeness (QED) is 0.190. The van der Waals surface area contributed by atoms with Crippen LogP contribution in [0.1, 0.15) is 42.6 Å². The monoisotopic (exact) mass is 482 g/mol. The fourth-order valence-corrected chi connectivity index (χ4v) is 3.39. The van der Waals surface area contributed by atoms with Gasteiger partial charge in [0.05, 0.1) is 24.2 Å². The molecule has 1 aromatic rings. The molecule has 0 saturated heterocycles. The first-order chi connectivity index (χ1) is 15.4. The van der Waals surface area contributed by atoms with Crippen molar-refractivity contribution in [2.75, 3.05) is 13.4 Å². The molecule has 10 heteroatoms. The van der Waals surface area contributed by atoms with Crippen LogP contribution in [0.15, 0.2) is 24.3 Å². The fourth-order valence-electron chi connectivity index (χ4n) is 2.68. The molecular formula is C23H34O9Si. The summed E-state index contributed by atoms with van der Waals surface area (Å²) >= 11 is 0. The van der Waals surface area contributed by atoms with E-state index in [1.165, 1.54) is 12.1 Å². The van der Waals surface area contributed by atoms with E-state index in [0.29, 0.717) is 13.0 Å². The van der Waals surface area contributed by atoms with Crippen LogP contribution in [0.2, 0.25) is 25.7 Å². The second kappa shape index (κ2) is 13.6. The average molecular weight is 483 g/mol. The van der Waals surface area contributed by atoms with Gasteiger partial charge in [-0.1, -0.05) is 31.8 Å². The van der Waals surface area contributed by atoms with Gasteiger partial charge in [0.1, 0.15) is 0 Å². The van der Waals surface area contributed by atoms with Crippen molar-refractivity contribution in [3.05, 3.63) is 35.4 Å². The van der Waals surface area contributed by atoms with Gasteiger partial charge in [-0.05, 0) is 50.4 Å². The van der Waals surface area contributed by atoms with Crippen molar-refractivity contribution in [3.63, 3.8) is 0 Å². The summed E-state index contributed by atoms with van der Waals surface area (Å²) < 4.78 is 19.7. The Kier molecular flexibility index (Phi) is 11.6. The summed E-state index contributed by atoms with van der Waals surface area (Å²) in [7, 11) is -1.36. The third kappa shape index (κ3) is 12.7. The van der Waals surface area contributed by atoms with E-state index >= 15 is 0 Å². The first-order valence-corrected chi connectivity index (χ1v) is 14.6. The molecule has 0 aliphatic rings. The van der Waals surface area contributed by atoms with Crippen molar-refractivity contribution in [2.45, 2.75) is 64.9 Å². The molecule has 0 aliphatic carbocycles. The van der Waals surface area contributed by atoms with E-state index in [1.54, 1.807) is 26.0 Å². The van der Waals surface area contributed by atoms with Gasteiger partial charge in [-0.3, -0.25) is 9.59 Å². The molecule has 0 aliphatic heterocycles. The van der Waals surface area contributed by atoms with Crippen molar-refractivity contribution < 1.29 is 43.2 Å². The first kappa shape index (κ1) is 28.2. The van der Waals surface area contributed by atoms with Crippen LogP contribution in [0, 0.1) is 5.92 Å². The summed E-state index contributed by atoms with van der Waals surface area (Å²) in [5.41, 5.74) is 0.986. The standard InChI is InChI=1S/C23H34O9Si/c1-16(2)32-23(28)31-15-30-21(26)18-8-6-17(7-9-18)14-19(10-11-20(24)25)22(27)29-12-13-33(3,4)5/h6-9,16,19H,10-15H2,1-5H3,(H,24,25). The predicted octanol–water partition coefficient (Wildman–Crippen LogP) is 4.27. The summed E-state index contributed by atoms with van der Waals surface area (Å²) in [6, 6.07) is 7.20. The summed E-state index contributed by atoms with van der Waals surface area (Å²) in [5.74, 6) is -2.68. The number of hydrogen-bond acceptors (Lipinski definition) is 8. The van der Waals surface area contributed by atoms with Gasteiger partial charge in [0, 0.05) is 14.5 Å². The summed E-state index contributed by atoms with van der Waals surface area (Å²) in [5, 5.41) is 9.00. The molecule has 0 spiro atoms. The minimum absolute atomic E-state index is 0.141. The maximum atomic E-state index is 12.5. The maximum absolute atomic E-state index is 12.5. The third-order valence-corrected chi connectivity index (χ3v) is 6.21. The Morgan fingerprint density at radius 1 is 0.970 bits per heavy atom. The minimum Gasteiger partial charge on any atom is -0.481 e. The van der Waals surface area contributed by atoms with Crippen molar-refractivity contribution in [2.24, 2.45) is 5.92 Å². The van der Waals surface area contributed by atoms with Crippen molar-refractivity contribution in [1.29, 1.82) is 0 Å². The SMILES string of the molecule is CC(C)OC(=O)OCOC(=O)c1ccc(CC(CCC(=O)O)C(=O)OCC[Si](C)(C)C)cc1. The van der Waals surface area contributed by atoms with E-state index in [9.17, 15) is 19.2 Å². The van der Waals surface area contributed by atoms with Crippen molar-refractivity contribution >= 4 is 32.1 Å². The van der Waals surface area contributed by atoms with Gasteiger partial charge in [0.15, 0.2) is 0 Å². The van der Waals surface area contributed by atoms with Crippen LogP contribution in [0.4, 0.5) is 4.79 Å². The lowest BCUT2D eigenvalue weighted by Crippen LogP contribution is -2.26. The second-order valence-electron chi connectivity index (χ2n) is 9.12.